The Morgan fingerprint density at radius 1 is 0.969 bits per heavy atom. The molecule has 1 aliphatic heterocycles. The number of hydrogen-bond acceptors (Lipinski definition) is 5. The first-order valence-corrected chi connectivity index (χ1v) is 12.3. The predicted molar refractivity (Wildman–Crippen MR) is 127 cm³/mol. The summed E-state index contributed by atoms with van der Waals surface area (Å²) in [4.78, 5) is 17.6. The summed E-state index contributed by atoms with van der Waals surface area (Å²) in [5.74, 6) is 1.69. The fraction of sp³-hybridized carbons (Fsp3) is 0.400. The van der Waals surface area contributed by atoms with Crippen LogP contribution in [-0.2, 0) is 11.3 Å². The van der Waals surface area contributed by atoms with E-state index in [4.69, 9.17) is 0 Å². The predicted octanol–water partition coefficient (Wildman–Crippen LogP) is 3.97. The summed E-state index contributed by atoms with van der Waals surface area (Å²) >= 11 is 1.52. The fourth-order valence-electron chi connectivity index (χ4n) is 4.22. The van der Waals surface area contributed by atoms with Gasteiger partial charge in [0.1, 0.15) is 5.82 Å². The summed E-state index contributed by atoms with van der Waals surface area (Å²) in [6.45, 7) is 6.29. The van der Waals surface area contributed by atoms with Crippen molar-refractivity contribution in [2.24, 2.45) is 0 Å². The number of benzene rings is 2. The van der Waals surface area contributed by atoms with E-state index in [0.717, 1.165) is 62.2 Å². The number of aromatic nitrogens is 3. The standard InChI is InChI=1S/C25H29N5OS/c1-19(24(31)29-16-14-28(15-17-29)18-20-8-4-2-5-9-20)32-25-27-26-23(21-12-13-21)30(25)22-10-6-3-7-11-22/h2-11,19,21H,12-18H2,1H3. The van der Waals surface area contributed by atoms with E-state index in [1.165, 1.54) is 17.3 Å². The zero-order valence-electron chi connectivity index (χ0n) is 18.4. The summed E-state index contributed by atoms with van der Waals surface area (Å²) in [5, 5.41) is 9.57. The smallest absolute Gasteiger partial charge is 0.235 e. The second-order valence-corrected chi connectivity index (χ2v) is 9.94. The Bertz CT molecular complexity index is 1040. The highest BCUT2D eigenvalue weighted by atomic mass is 32.2. The molecule has 0 bridgehead atoms. The van der Waals surface area contributed by atoms with Crippen molar-refractivity contribution in [3.63, 3.8) is 0 Å². The lowest BCUT2D eigenvalue weighted by molar-refractivity contribution is -0.132. The Labute approximate surface area is 193 Å². The molecule has 0 spiro atoms. The maximum absolute atomic E-state index is 13.2. The van der Waals surface area contributed by atoms with Gasteiger partial charge in [0.05, 0.1) is 5.25 Å². The largest absolute Gasteiger partial charge is 0.339 e. The lowest BCUT2D eigenvalue weighted by Crippen LogP contribution is -2.50. The molecule has 7 heteroatoms. The topological polar surface area (TPSA) is 54.3 Å². The van der Waals surface area contributed by atoms with Crippen LogP contribution in [0.5, 0.6) is 0 Å². The van der Waals surface area contributed by atoms with Crippen LogP contribution in [0.25, 0.3) is 5.69 Å². The number of thioether (sulfide) groups is 1. The minimum atomic E-state index is -0.200. The Kier molecular flexibility index (Phi) is 6.28. The van der Waals surface area contributed by atoms with Crippen molar-refractivity contribution < 1.29 is 4.79 Å². The molecule has 1 saturated heterocycles. The van der Waals surface area contributed by atoms with Crippen molar-refractivity contribution in [1.82, 2.24) is 24.6 Å². The van der Waals surface area contributed by atoms with Crippen LogP contribution in [0.3, 0.4) is 0 Å². The third kappa shape index (κ3) is 4.74. The SMILES string of the molecule is CC(Sc1nnc(C2CC2)n1-c1ccccc1)C(=O)N1CCN(Cc2ccccc2)CC1. The van der Waals surface area contributed by atoms with Crippen LogP contribution in [0, 0.1) is 0 Å². The third-order valence-electron chi connectivity index (χ3n) is 6.18. The highest BCUT2D eigenvalue weighted by Gasteiger charge is 2.32. The number of rotatable bonds is 7. The van der Waals surface area contributed by atoms with Gasteiger partial charge in [-0.15, -0.1) is 10.2 Å². The van der Waals surface area contributed by atoms with E-state index < -0.39 is 0 Å². The second kappa shape index (κ2) is 9.46. The number of amides is 1. The van der Waals surface area contributed by atoms with E-state index in [9.17, 15) is 4.79 Å². The van der Waals surface area contributed by atoms with Gasteiger partial charge in [-0.25, -0.2) is 0 Å². The molecule has 1 saturated carbocycles. The van der Waals surface area contributed by atoms with Gasteiger partial charge in [0, 0.05) is 44.3 Å². The first kappa shape index (κ1) is 21.2. The fourth-order valence-corrected chi connectivity index (χ4v) is 5.18. The Morgan fingerprint density at radius 3 is 2.28 bits per heavy atom. The third-order valence-corrected chi connectivity index (χ3v) is 7.21. The first-order valence-electron chi connectivity index (χ1n) is 11.4. The quantitative estimate of drug-likeness (QED) is 0.513. The van der Waals surface area contributed by atoms with Crippen molar-refractivity contribution >= 4 is 17.7 Å². The molecule has 1 aromatic heterocycles. The summed E-state index contributed by atoms with van der Waals surface area (Å²) in [6.07, 6.45) is 2.33. The van der Waals surface area contributed by atoms with Crippen LogP contribution in [0.1, 0.15) is 37.1 Å². The first-order chi connectivity index (χ1) is 15.7. The molecule has 2 aromatic carbocycles. The minimum absolute atomic E-state index is 0.185. The second-order valence-electron chi connectivity index (χ2n) is 8.63. The lowest BCUT2D eigenvalue weighted by atomic mass is 10.2. The highest BCUT2D eigenvalue weighted by molar-refractivity contribution is 8.00. The molecule has 166 valence electrons. The summed E-state index contributed by atoms with van der Waals surface area (Å²) in [7, 11) is 0. The zero-order chi connectivity index (χ0) is 21.9. The monoisotopic (exact) mass is 447 g/mol. The van der Waals surface area contributed by atoms with E-state index in [-0.39, 0.29) is 11.2 Å². The molecule has 1 atom stereocenters. The van der Waals surface area contributed by atoms with E-state index in [0.29, 0.717) is 5.92 Å². The number of hydrogen-bond donors (Lipinski definition) is 0. The Hall–Kier alpha value is -2.64. The van der Waals surface area contributed by atoms with Gasteiger partial charge in [0.15, 0.2) is 5.16 Å². The average Bonchev–Trinajstić information content (AvgIpc) is 3.60. The number of piperazine rings is 1. The molecule has 6 nitrogen and oxygen atoms in total. The maximum Gasteiger partial charge on any atom is 0.235 e. The Balaban J connectivity index is 1.22. The molecule has 0 radical (unpaired) electrons. The molecule has 1 amide bonds. The van der Waals surface area contributed by atoms with Crippen LogP contribution in [-0.4, -0.2) is 61.9 Å². The molecule has 3 aromatic rings. The van der Waals surface area contributed by atoms with Crippen LogP contribution in [0.4, 0.5) is 0 Å². The normalized spacial score (nSPS) is 18.0. The van der Waals surface area contributed by atoms with E-state index >= 15 is 0 Å². The Morgan fingerprint density at radius 2 is 1.62 bits per heavy atom. The van der Waals surface area contributed by atoms with Crippen molar-refractivity contribution in [3.8, 4) is 5.69 Å². The average molecular weight is 448 g/mol. The van der Waals surface area contributed by atoms with Crippen molar-refractivity contribution in [1.29, 1.82) is 0 Å². The van der Waals surface area contributed by atoms with E-state index in [1.807, 2.05) is 36.1 Å². The van der Waals surface area contributed by atoms with Gasteiger partial charge in [0.2, 0.25) is 5.91 Å². The van der Waals surface area contributed by atoms with Gasteiger partial charge in [-0.2, -0.15) is 0 Å². The van der Waals surface area contributed by atoms with Gasteiger partial charge in [-0.1, -0.05) is 60.3 Å². The van der Waals surface area contributed by atoms with E-state index in [2.05, 4.69) is 56.1 Å². The zero-order valence-corrected chi connectivity index (χ0v) is 19.2. The minimum Gasteiger partial charge on any atom is -0.339 e. The van der Waals surface area contributed by atoms with Gasteiger partial charge >= 0.3 is 0 Å². The number of para-hydroxylation sites is 1. The van der Waals surface area contributed by atoms with Crippen molar-refractivity contribution in [2.45, 2.75) is 42.6 Å². The van der Waals surface area contributed by atoms with Crippen molar-refractivity contribution in [3.05, 3.63) is 72.1 Å². The highest BCUT2D eigenvalue weighted by Crippen LogP contribution is 2.41. The van der Waals surface area contributed by atoms with Gasteiger partial charge in [-0.3, -0.25) is 14.3 Å². The molecule has 2 aliphatic rings. The molecule has 1 unspecified atom stereocenters. The van der Waals surface area contributed by atoms with Crippen LogP contribution in [0.2, 0.25) is 0 Å². The molecule has 0 N–H and O–H groups in total. The van der Waals surface area contributed by atoms with Gasteiger partial charge in [0.25, 0.3) is 0 Å². The molecule has 5 rings (SSSR count). The number of carbonyl (C=O) groups excluding carboxylic acids is 1. The summed E-state index contributed by atoms with van der Waals surface area (Å²) in [6, 6.07) is 20.8. The van der Waals surface area contributed by atoms with Gasteiger partial charge < -0.3 is 4.90 Å². The summed E-state index contributed by atoms with van der Waals surface area (Å²) in [5.41, 5.74) is 2.39. The molecule has 2 heterocycles. The maximum atomic E-state index is 13.2. The number of carbonyl (C=O) groups is 1. The molecule has 1 aliphatic carbocycles. The van der Waals surface area contributed by atoms with Crippen LogP contribution < -0.4 is 0 Å². The van der Waals surface area contributed by atoms with Crippen LogP contribution >= 0.6 is 11.8 Å². The number of nitrogens with zero attached hydrogens (tertiary/aromatic N) is 5. The molecular formula is C25H29N5OS. The molecule has 32 heavy (non-hydrogen) atoms. The van der Waals surface area contributed by atoms with Crippen molar-refractivity contribution in [2.75, 3.05) is 26.2 Å². The molecule has 2 fully saturated rings. The molecular weight excluding hydrogens is 418 g/mol. The lowest BCUT2D eigenvalue weighted by Gasteiger charge is -2.35. The van der Waals surface area contributed by atoms with Crippen LogP contribution in [0.15, 0.2) is 65.8 Å². The van der Waals surface area contributed by atoms with E-state index in [1.54, 1.807) is 0 Å². The van der Waals surface area contributed by atoms with Gasteiger partial charge in [-0.05, 0) is 37.5 Å². The summed E-state index contributed by atoms with van der Waals surface area (Å²) < 4.78 is 2.14.